The third kappa shape index (κ3) is 2.58. The molecule has 19 heavy (non-hydrogen) atoms. The van der Waals surface area contributed by atoms with Crippen molar-refractivity contribution in [2.75, 3.05) is 24.7 Å². The van der Waals surface area contributed by atoms with Crippen LogP contribution in [0.3, 0.4) is 0 Å². The SMILES string of the molecule is O=C(O)c1nc(C2CSCCO2)nc2c1CNCC2. The zero-order chi connectivity index (χ0) is 13.2. The highest BCUT2D eigenvalue weighted by Crippen LogP contribution is 2.26. The molecule has 0 amide bonds. The molecular formula is C12H15N3O3S. The van der Waals surface area contributed by atoms with E-state index in [2.05, 4.69) is 15.3 Å². The number of thioether (sulfide) groups is 1. The first-order chi connectivity index (χ1) is 9.25. The number of rotatable bonds is 2. The number of nitrogens with zero attached hydrogens (tertiary/aromatic N) is 2. The van der Waals surface area contributed by atoms with Crippen molar-refractivity contribution in [2.24, 2.45) is 0 Å². The molecule has 1 atom stereocenters. The molecule has 2 aliphatic rings. The number of hydrogen-bond acceptors (Lipinski definition) is 6. The fourth-order valence-corrected chi connectivity index (χ4v) is 3.16. The molecule has 7 heteroatoms. The Bertz CT molecular complexity index is 503. The van der Waals surface area contributed by atoms with Crippen molar-refractivity contribution in [1.82, 2.24) is 15.3 Å². The molecule has 1 aromatic heterocycles. The Labute approximate surface area is 115 Å². The van der Waals surface area contributed by atoms with E-state index in [1.807, 2.05) is 0 Å². The normalized spacial score (nSPS) is 22.8. The van der Waals surface area contributed by atoms with Crippen LogP contribution in [-0.4, -0.2) is 45.7 Å². The Hall–Kier alpha value is -1.18. The van der Waals surface area contributed by atoms with Gasteiger partial charge in [0.15, 0.2) is 11.5 Å². The number of fused-ring (bicyclic) bond motifs is 1. The summed E-state index contributed by atoms with van der Waals surface area (Å²) in [6.07, 6.45) is 0.558. The lowest BCUT2D eigenvalue weighted by atomic mass is 10.0. The summed E-state index contributed by atoms with van der Waals surface area (Å²) >= 11 is 1.78. The maximum atomic E-state index is 11.3. The molecule has 6 nitrogen and oxygen atoms in total. The van der Waals surface area contributed by atoms with Crippen molar-refractivity contribution in [3.8, 4) is 0 Å². The molecule has 2 N–H and O–H groups in total. The molecule has 1 aromatic rings. The number of aromatic nitrogens is 2. The van der Waals surface area contributed by atoms with Crippen LogP contribution in [0.5, 0.6) is 0 Å². The summed E-state index contributed by atoms with van der Waals surface area (Å²) < 4.78 is 5.64. The molecule has 0 aliphatic carbocycles. The highest BCUT2D eigenvalue weighted by Gasteiger charge is 2.26. The minimum atomic E-state index is -0.993. The second-order valence-corrected chi connectivity index (χ2v) is 5.67. The van der Waals surface area contributed by atoms with Crippen LogP contribution < -0.4 is 5.32 Å². The van der Waals surface area contributed by atoms with Crippen molar-refractivity contribution in [2.45, 2.75) is 19.1 Å². The van der Waals surface area contributed by atoms with Gasteiger partial charge in [0.1, 0.15) is 6.10 Å². The van der Waals surface area contributed by atoms with Crippen molar-refractivity contribution in [1.29, 1.82) is 0 Å². The fraction of sp³-hybridized carbons (Fsp3) is 0.583. The monoisotopic (exact) mass is 281 g/mol. The van der Waals surface area contributed by atoms with E-state index in [0.29, 0.717) is 24.5 Å². The second kappa shape index (κ2) is 5.44. The summed E-state index contributed by atoms with van der Waals surface area (Å²) in [4.78, 5) is 20.1. The van der Waals surface area contributed by atoms with Crippen LogP contribution in [-0.2, 0) is 17.7 Å². The van der Waals surface area contributed by atoms with Crippen LogP contribution in [0.25, 0.3) is 0 Å². The molecule has 3 heterocycles. The fourth-order valence-electron chi connectivity index (χ4n) is 2.32. The topological polar surface area (TPSA) is 84.3 Å². The van der Waals surface area contributed by atoms with E-state index in [4.69, 9.17) is 4.74 Å². The number of ether oxygens (including phenoxy) is 1. The van der Waals surface area contributed by atoms with Gasteiger partial charge in [-0.2, -0.15) is 11.8 Å². The Morgan fingerprint density at radius 1 is 1.47 bits per heavy atom. The molecule has 0 aromatic carbocycles. The molecule has 0 radical (unpaired) electrons. The van der Waals surface area contributed by atoms with Gasteiger partial charge >= 0.3 is 5.97 Å². The Balaban J connectivity index is 2.00. The van der Waals surface area contributed by atoms with E-state index in [1.54, 1.807) is 11.8 Å². The van der Waals surface area contributed by atoms with Crippen molar-refractivity contribution in [3.63, 3.8) is 0 Å². The third-order valence-electron chi connectivity index (χ3n) is 3.26. The molecule has 1 unspecified atom stereocenters. The molecule has 0 spiro atoms. The first-order valence-electron chi connectivity index (χ1n) is 6.29. The largest absolute Gasteiger partial charge is 0.476 e. The highest BCUT2D eigenvalue weighted by molar-refractivity contribution is 7.99. The maximum absolute atomic E-state index is 11.3. The summed E-state index contributed by atoms with van der Waals surface area (Å²) in [6.45, 7) is 2.01. The van der Waals surface area contributed by atoms with Crippen LogP contribution >= 0.6 is 11.8 Å². The lowest BCUT2D eigenvalue weighted by molar-refractivity contribution is 0.0653. The molecule has 1 saturated heterocycles. The van der Waals surface area contributed by atoms with Gasteiger partial charge in [-0.05, 0) is 0 Å². The Morgan fingerprint density at radius 2 is 2.37 bits per heavy atom. The van der Waals surface area contributed by atoms with Crippen LogP contribution in [0, 0.1) is 0 Å². The molecule has 0 bridgehead atoms. The maximum Gasteiger partial charge on any atom is 0.354 e. The lowest BCUT2D eigenvalue weighted by Gasteiger charge is -2.24. The van der Waals surface area contributed by atoms with Gasteiger partial charge in [0.05, 0.1) is 12.3 Å². The number of nitrogens with one attached hydrogen (secondary N) is 1. The van der Waals surface area contributed by atoms with Crippen molar-refractivity contribution >= 4 is 17.7 Å². The number of carboxylic acids is 1. The zero-order valence-corrected chi connectivity index (χ0v) is 11.2. The molecule has 3 rings (SSSR count). The summed E-state index contributed by atoms with van der Waals surface area (Å²) in [5, 5.41) is 12.5. The average molecular weight is 281 g/mol. The number of hydrogen-bond donors (Lipinski definition) is 2. The number of aromatic carboxylic acids is 1. The first-order valence-corrected chi connectivity index (χ1v) is 7.44. The summed E-state index contributed by atoms with van der Waals surface area (Å²) in [5.74, 6) is 1.28. The summed E-state index contributed by atoms with van der Waals surface area (Å²) in [6, 6.07) is 0. The predicted molar refractivity (Wildman–Crippen MR) is 70.4 cm³/mol. The third-order valence-corrected chi connectivity index (χ3v) is 4.25. The van der Waals surface area contributed by atoms with Gasteiger partial charge < -0.3 is 15.2 Å². The van der Waals surface area contributed by atoms with Crippen LogP contribution in [0.4, 0.5) is 0 Å². The van der Waals surface area contributed by atoms with E-state index in [9.17, 15) is 9.90 Å². The van der Waals surface area contributed by atoms with E-state index >= 15 is 0 Å². The summed E-state index contributed by atoms with van der Waals surface area (Å²) in [7, 11) is 0. The number of carbonyl (C=O) groups is 1. The van der Waals surface area contributed by atoms with Crippen LogP contribution in [0.15, 0.2) is 0 Å². The quantitative estimate of drug-likeness (QED) is 0.822. The van der Waals surface area contributed by atoms with Gasteiger partial charge in [-0.25, -0.2) is 14.8 Å². The summed E-state index contributed by atoms with van der Waals surface area (Å²) in [5.41, 5.74) is 1.68. The van der Waals surface area contributed by atoms with Gasteiger partial charge in [0.2, 0.25) is 0 Å². The van der Waals surface area contributed by atoms with E-state index in [0.717, 1.165) is 30.2 Å². The standard InChI is InChI=1S/C12H15N3O3S/c16-12(17)10-7-5-13-2-1-8(7)14-11(15-10)9-6-19-4-3-18-9/h9,13H,1-6H2,(H,16,17). The second-order valence-electron chi connectivity index (χ2n) is 4.52. The highest BCUT2D eigenvalue weighted by atomic mass is 32.2. The smallest absolute Gasteiger partial charge is 0.354 e. The van der Waals surface area contributed by atoms with E-state index < -0.39 is 5.97 Å². The zero-order valence-electron chi connectivity index (χ0n) is 10.4. The Kier molecular flexibility index (Phi) is 3.67. The van der Waals surface area contributed by atoms with Crippen LogP contribution in [0.2, 0.25) is 0 Å². The van der Waals surface area contributed by atoms with Crippen molar-refractivity contribution in [3.05, 3.63) is 22.8 Å². The molecule has 102 valence electrons. The molecular weight excluding hydrogens is 266 g/mol. The minimum absolute atomic E-state index is 0.117. The van der Waals surface area contributed by atoms with Gasteiger partial charge in [-0.15, -0.1) is 0 Å². The van der Waals surface area contributed by atoms with Crippen molar-refractivity contribution < 1.29 is 14.6 Å². The first kappa shape index (κ1) is 12.8. The van der Waals surface area contributed by atoms with Gasteiger partial charge in [0, 0.05) is 36.6 Å². The van der Waals surface area contributed by atoms with E-state index in [-0.39, 0.29) is 11.8 Å². The minimum Gasteiger partial charge on any atom is -0.476 e. The number of carboxylic acid groups (broad SMARTS) is 1. The average Bonchev–Trinajstić information content (AvgIpc) is 2.47. The Morgan fingerprint density at radius 3 is 3.11 bits per heavy atom. The van der Waals surface area contributed by atoms with Gasteiger partial charge in [-0.1, -0.05) is 0 Å². The molecule has 0 saturated carbocycles. The predicted octanol–water partition coefficient (Wildman–Crippen LogP) is 0.625. The van der Waals surface area contributed by atoms with E-state index in [1.165, 1.54) is 0 Å². The van der Waals surface area contributed by atoms with Gasteiger partial charge in [0.25, 0.3) is 0 Å². The molecule has 2 aliphatic heterocycles. The molecule has 1 fully saturated rings. The van der Waals surface area contributed by atoms with Gasteiger partial charge in [-0.3, -0.25) is 0 Å². The van der Waals surface area contributed by atoms with Crippen LogP contribution in [0.1, 0.15) is 33.7 Å². The lowest BCUT2D eigenvalue weighted by Crippen LogP contribution is -2.29.